The molecule has 18 heavy (non-hydrogen) atoms. The van der Waals surface area contributed by atoms with Gasteiger partial charge in [-0.05, 0) is 18.9 Å². The van der Waals surface area contributed by atoms with Crippen molar-refractivity contribution in [3.05, 3.63) is 35.4 Å². The Bertz CT molecular complexity index is 436. The van der Waals surface area contributed by atoms with Gasteiger partial charge < -0.3 is 4.90 Å². The molecule has 3 nitrogen and oxygen atoms in total. The zero-order chi connectivity index (χ0) is 13.0. The predicted octanol–water partition coefficient (Wildman–Crippen LogP) is 2.90. The Kier molecular flexibility index (Phi) is 4.13. The van der Waals surface area contributed by atoms with E-state index >= 15 is 0 Å². The third-order valence-corrected chi connectivity index (χ3v) is 3.76. The first kappa shape index (κ1) is 12.8. The number of rotatable bonds is 3. The molecule has 0 aliphatic heterocycles. The average Bonchev–Trinajstić information content (AvgIpc) is 2.46. The molecular formula is C15H19NO2. The van der Waals surface area contributed by atoms with Crippen LogP contribution >= 0.6 is 0 Å². The summed E-state index contributed by atoms with van der Waals surface area (Å²) in [5, 5.41) is 0. The van der Waals surface area contributed by atoms with Crippen molar-refractivity contribution in [2.45, 2.75) is 38.1 Å². The molecule has 0 radical (unpaired) electrons. The molecule has 0 aromatic heterocycles. The standard InChI is InChI=1S/C15H19NO2/c1-16(13-8-3-2-4-9-13)15(18)14-10-6-5-7-12(14)11-17/h5-7,10-11,13H,2-4,8-9H2,1H3. The summed E-state index contributed by atoms with van der Waals surface area (Å²) in [6, 6.07) is 7.32. The van der Waals surface area contributed by atoms with Crippen LogP contribution in [0.15, 0.2) is 24.3 Å². The molecule has 0 unspecified atom stereocenters. The molecule has 1 fully saturated rings. The second-order valence-electron chi connectivity index (χ2n) is 4.91. The van der Waals surface area contributed by atoms with Crippen LogP contribution in [0.3, 0.4) is 0 Å². The molecule has 1 aromatic rings. The highest BCUT2D eigenvalue weighted by Gasteiger charge is 2.24. The topological polar surface area (TPSA) is 37.4 Å². The van der Waals surface area contributed by atoms with Crippen molar-refractivity contribution in [3.63, 3.8) is 0 Å². The summed E-state index contributed by atoms with van der Waals surface area (Å²) in [4.78, 5) is 25.2. The number of carbonyl (C=O) groups is 2. The Morgan fingerprint density at radius 2 is 1.89 bits per heavy atom. The number of amides is 1. The SMILES string of the molecule is CN(C(=O)c1ccccc1C=O)C1CCCCC1. The third-order valence-electron chi connectivity index (χ3n) is 3.76. The lowest BCUT2D eigenvalue weighted by Gasteiger charge is -2.31. The fourth-order valence-electron chi connectivity index (χ4n) is 2.62. The summed E-state index contributed by atoms with van der Waals surface area (Å²) in [5.74, 6) is -0.0374. The van der Waals surface area contributed by atoms with Crippen LogP contribution in [0.25, 0.3) is 0 Å². The molecule has 0 bridgehead atoms. The highest BCUT2D eigenvalue weighted by Crippen LogP contribution is 2.23. The van der Waals surface area contributed by atoms with Crippen molar-refractivity contribution in [2.75, 3.05) is 7.05 Å². The lowest BCUT2D eigenvalue weighted by molar-refractivity contribution is 0.0693. The maximum absolute atomic E-state index is 12.4. The molecule has 2 rings (SSSR count). The first-order valence-electron chi connectivity index (χ1n) is 6.55. The van der Waals surface area contributed by atoms with E-state index in [1.165, 1.54) is 19.3 Å². The zero-order valence-corrected chi connectivity index (χ0v) is 10.8. The van der Waals surface area contributed by atoms with Gasteiger partial charge in [0.15, 0.2) is 6.29 Å². The number of benzene rings is 1. The van der Waals surface area contributed by atoms with Gasteiger partial charge in [-0.2, -0.15) is 0 Å². The highest BCUT2D eigenvalue weighted by atomic mass is 16.2. The van der Waals surface area contributed by atoms with Crippen molar-refractivity contribution >= 4 is 12.2 Å². The molecule has 0 spiro atoms. The molecular weight excluding hydrogens is 226 g/mol. The summed E-state index contributed by atoms with van der Waals surface area (Å²) in [6.45, 7) is 0. The van der Waals surface area contributed by atoms with Crippen molar-refractivity contribution < 1.29 is 9.59 Å². The Hall–Kier alpha value is -1.64. The average molecular weight is 245 g/mol. The molecule has 0 heterocycles. The fraction of sp³-hybridized carbons (Fsp3) is 0.467. The van der Waals surface area contributed by atoms with Crippen LogP contribution in [0.5, 0.6) is 0 Å². The minimum absolute atomic E-state index is 0.0374. The monoisotopic (exact) mass is 245 g/mol. The van der Waals surface area contributed by atoms with Crippen LogP contribution in [0, 0.1) is 0 Å². The Labute approximate surface area is 108 Å². The lowest BCUT2D eigenvalue weighted by Crippen LogP contribution is -2.38. The maximum Gasteiger partial charge on any atom is 0.254 e. The second-order valence-corrected chi connectivity index (χ2v) is 4.91. The summed E-state index contributed by atoms with van der Waals surface area (Å²) >= 11 is 0. The van der Waals surface area contributed by atoms with Gasteiger partial charge in [0.1, 0.15) is 0 Å². The van der Waals surface area contributed by atoms with Crippen LogP contribution in [-0.4, -0.2) is 30.2 Å². The largest absolute Gasteiger partial charge is 0.339 e. The van der Waals surface area contributed by atoms with Gasteiger partial charge in [0.2, 0.25) is 0 Å². The number of hydrogen-bond acceptors (Lipinski definition) is 2. The molecule has 1 aromatic carbocycles. The van der Waals surface area contributed by atoms with Crippen molar-refractivity contribution in [1.29, 1.82) is 0 Å². The Morgan fingerprint density at radius 1 is 1.22 bits per heavy atom. The Morgan fingerprint density at radius 3 is 2.56 bits per heavy atom. The minimum atomic E-state index is -0.0374. The number of carbonyl (C=O) groups excluding carboxylic acids is 2. The van der Waals surface area contributed by atoms with Gasteiger partial charge in [-0.3, -0.25) is 9.59 Å². The van der Waals surface area contributed by atoms with Crippen LogP contribution in [0.1, 0.15) is 52.8 Å². The van der Waals surface area contributed by atoms with Crippen LogP contribution in [0.4, 0.5) is 0 Å². The smallest absolute Gasteiger partial charge is 0.254 e. The number of hydrogen-bond donors (Lipinski definition) is 0. The fourth-order valence-corrected chi connectivity index (χ4v) is 2.62. The Balaban J connectivity index is 2.16. The predicted molar refractivity (Wildman–Crippen MR) is 70.8 cm³/mol. The van der Waals surface area contributed by atoms with E-state index in [2.05, 4.69) is 0 Å². The van der Waals surface area contributed by atoms with Gasteiger partial charge >= 0.3 is 0 Å². The van der Waals surface area contributed by atoms with Crippen LogP contribution in [-0.2, 0) is 0 Å². The maximum atomic E-state index is 12.4. The molecule has 0 atom stereocenters. The van der Waals surface area contributed by atoms with E-state index < -0.39 is 0 Å². The highest BCUT2D eigenvalue weighted by molar-refractivity contribution is 6.01. The van der Waals surface area contributed by atoms with E-state index in [1.807, 2.05) is 11.9 Å². The lowest BCUT2D eigenvalue weighted by atomic mass is 9.94. The summed E-state index contributed by atoms with van der Waals surface area (Å²) in [6.07, 6.45) is 6.55. The van der Waals surface area contributed by atoms with Gasteiger partial charge in [0, 0.05) is 18.7 Å². The van der Waals surface area contributed by atoms with Gasteiger partial charge in [0.25, 0.3) is 5.91 Å². The molecule has 96 valence electrons. The molecule has 1 saturated carbocycles. The van der Waals surface area contributed by atoms with E-state index in [4.69, 9.17) is 0 Å². The summed E-state index contributed by atoms with van der Waals surface area (Å²) in [5.41, 5.74) is 0.991. The van der Waals surface area contributed by atoms with Gasteiger partial charge in [0.05, 0.1) is 5.56 Å². The molecule has 3 heteroatoms. The first-order valence-corrected chi connectivity index (χ1v) is 6.55. The summed E-state index contributed by atoms with van der Waals surface area (Å²) < 4.78 is 0. The second kappa shape index (κ2) is 5.80. The van der Waals surface area contributed by atoms with Gasteiger partial charge in [-0.25, -0.2) is 0 Å². The van der Waals surface area contributed by atoms with Crippen LogP contribution in [0.2, 0.25) is 0 Å². The zero-order valence-electron chi connectivity index (χ0n) is 10.8. The van der Waals surface area contributed by atoms with Crippen molar-refractivity contribution in [3.8, 4) is 0 Å². The quantitative estimate of drug-likeness (QED) is 0.768. The molecule has 1 amide bonds. The van der Waals surface area contributed by atoms with Crippen molar-refractivity contribution in [2.24, 2.45) is 0 Å². The first-order chi connectivity index (χ1) is 8.74. The third kappa shape index (κ3) is 2.61. The van der Waals surface area contributed by atoms with Gasteiger partial charge in [-0.15, -0.1) is 0 Å². The van der Waals surface area contributed by atoms with E-state index in [0.29, 0.717) is 17.2 Å². The number of aldehydes is 1. The van der Waals surface area contributed by atoms with Crippen molar-refractivity contribution in [1.82, 2.24) is 4.90 Å². The van der Waals surface area contributed by atoms with E-state index in [-0.39, 0.29) is 5.91 Å². The van der Waals surface area contributed by atoms with Crippen LogP contribution < -0.4 is 0 Å². The molecule has 0 saturated heterocycles. The molecule has 0 N–H and O–H groups in total. The normalized spacial score (nSPS) is 16.3. The minimum Gasteiger partial charge on any atom is -0.339 e. The van der Waals surface area contributed by atoms with E-state index in [1.54, 1.807) is 24.3 Å². The summed E-state index contributed by atoms with van der Waals surface area (Å²) in [7, 11) is 1.85. The number of nitrogens with zero attached hydrogens (tertiary/aromatic N) is 1. The van der Waals surface area contributed by atoms with E-state index in [0.717, 1.165) is 19.1 Å². The van der Waals surface area contributed by atoms with E-state index in [9.17, 15) is 9.59 Å². The van der Waals surface area contributed by atoms with Gasteiger partial charge in [-0.1, -0.05) is 37.5 Å². The molecule has 1 aliphatic carbocycles. The molecule has 1 aliphatic rings.